The second-order valence-electron chi connectivity index (χ2n) is 2.09. The minimum absolute atomic E-state index is 0.623. The lowest BCUT2D eigenvalue weighted by atomic mass is 10.3. The van der Waals surface area contributed by atoms with E-state index in [0.717, 1.165) is 4.88 Å². The number of nitrogens with one attached hydrogen (secondary N) is 1. The lowest BCUT2D eigenvalue weighted by Crippen LogP contribution is -2.32. The van der Waals surface area contributed by atoms with Crippen LogP contribution in [0.25, 0.3) is 0 Å². The van der Waals surface area contributed by atoms with Crippen molar-refractivity contribution in [3.05, 3.63) is 22.4 Å². The molecule has 3 N–H and O–H groups in total. The van der Waals surface area contributed by atoms with Crippen LogP contribution in [0.4, 0.5) is 4.79 Å². The highest BCUT2D eigenvalue weighted by Gasteiger charge is 2.11. The van der Waals surface area contributed by atoms with Crippen molar-refractivity contribution in [2.24, 2.45) is 5.73 Å². The van der Waals surface area contributed by atoms with Gasteiger partial charge in [-0.05, 0) is 11.4 Å². The van der Waals surface area contributed by atoms with Crippen LogP contribution in [0.1, 0.15) is 10.9 Å². The quantitative estimate of drug-likeness (QED) is 0.713. The van der Waals surface area contributed by atoms with Gasteiger partial charge in [0.2, 0.25) is 0 Å². The molecular weight excluding hydrogens is 174 g/mol. The molecular formula is C7H7N3OS. The van der Waals surface area contributed by atoms with Gasteiger partial charge in [-0.3, -0.25) is 0 Å². The second-order valence-corrected chi connectivity index (χ2v) is 3.07. The molecule has 0 aliphatic rings. The molecule has 62 valence electrons. The Morgan fingerprint density at radius 1 is 1.83 bits per heavy atom. The van der Waals surface area contributed by atoms with E-state index in [0.29, 0.717) is 0 Å². The van der Waals surface area contributed by atoms with Gasteiger partial charge >= 0.3 is 6.03 Å². The molecule has 1 heterocycles. The average Bonchev–Trinajstić information content (AvgIpc) is 2.51. The van der Waals surface area contributed by atoms with Crippen molar-refractivity contribution >= 4 is 17.4 Å². The maximum Gasteiger partial charge on any atom is 0.313 e. The van der Waals surface area contributed by atoms with Crippen LogP contribution in [0.15, 0.2) is 17.5 Å². The number of nitrogens with zero attached hydrogens (tertiary/aromatic N) is 1. The SMILES string of the molecule is N#CC(NC(N)=O)c1cccs1. The summed E-state index contributed by atoms with van der Waals surface area (Å²) in [6, 6.07) is 4.21. The number of hydrogen-bond donors (Lipinski definition) is 2. The van der Waals surface area contributed by atoms with Crippen LogP contribution in [0.2, 0.25) is 0 Å². The Morgan fingerprint density at radius 2 is 2.58 bits per heavy atom. The molecule has 4 nitrogen and oxygen atoms in total. The Labute approximate surface area is 73.6 Å². The fourth-order valence-corrected chi connectivity index (χ4v) is 1.48. The van der Waals surface area contributed by atoms with Gasteiger partial charge in [0.1, 0.15) is 0 Å². The molecule has 2 amide bonds. The molecule has 1 atom stereocenters. The van der Waals surface area contributed by atoms with Crippen molar-refractivity contribution in [1.29, 1.82) is 5.26 Å². The minimum atomic E-state index is -0.685. The molecule has 1 rings (SSSR count). The van der Waals surface area contributed by atoms with Gasteiger partial charge in [-0.2, -0.15) is 5.26 Å². The molecule has 0 saturated carbocycles. The molecule has 0 spiro atoms. The summed E-state index contributed by atoms with van der Waals surface area (Å²) in [6.07, 6.45) is 0. The van der Waals surface area contributed by atoms with Gasteiger partial charge in [0.25, 0.3) is 0 Å². The monoisotopic (exact) mass is 181 g/mol. The van der Waals surface area contributed by atoms with E-state index >= 15 is 0 Å². The van der Waals surface area contributed by atoms with Gasteiger partial charge in [-0.25, -0.2) is 4.79 Å². The molecule has 1 aromatic rings. The normalized spacial score (nSPS) is 11.6. The van der Waals surface area contributed by atoms with Crippen molar-refractivity contribution in [1.82, 2.24) is 5.32 Å². The summed E-state index contributed by atoms with van der Waals surface area (Å²) in [6.45, 7) is 0. The Kier molecular flexibility index (Phi) is 2.66. The topological polar surface area (TPSA) is 78.9 Å². The lowest BCUT2D eigenvalue weighted by molar-refractivity contribution is 0.247. The van der Waals surface area contributed by atoms with E-state index in [1.54, 1.807) is 6.07 Å². The van der Waals surface area contributed by atoms with Gasteiger partial charge in [0.05, 0.1) is 6.07 Å². The third-order valence-corrected chi connectivity index (χ3v) is 2.18. The Balaban J connectivity index is 2.72. The van der Waals surface area contributed by atoms with E-state index in [1.165, 1.54) is 11.3 Å². The van der Waals surface area contributed by atoms with Crippen LogP contribution in [0, 0.1) is 11.3 Å². The molecule has 1 unspecified atom stereocenters. The van der Waals surface area contributed by atoms with E-state index in [2.05, 4.69) is 5.32 Å². The van der Waals surface area contributed by atoms with Crippen molar-refractivity contribution in [2.75, 3.05) is 0 Å². The Bertz CT molecular complexity index is 301. The molecule has 0 radical (unpaired) electrons. The molecule has 0 fully saturated rings. The summed E-state index contributed by atoms with van der Waals surface area (Å²) in [5.74, 6) is 0. The molecule has 12 heavy (non-hydrogen) atoms. The smallest absolute Gasteiger partial charge is 0.313 e. The number of nitriles is 1. The van der Waals surface area contributed by atoms with Crippen LogP contribution in [-0.4, -0.2) is 6.03 Å². The van der Waals surface area contributed by atoms with E-state index in [-0.39, 0.29) is 0 Å². The van der Waals surface area contributed by atoms with E-state index in [1.807, 2.05) is 17.5 Å². The fraction of sp³-hybridized carbons (Fsp3) is 0.143. The predicted octanol–water partition coefficient (Wildman–Crippen LogP) is 0.981. The van der Waals surface area contributed by atoms with Gasteiger partial charge < -0.3 is 11.1 Å². The first-order valence-electron chi connectivity index (χ1n) is 3.23. The zero-order chi connectivity index (χ0) is 8.97. The standard InChI is InChI=1S/C7H7N3OS/c8-4-5(10-7(9)11)6-2-1-3-12-6/h1-3,5H,(H3,9,10,11). The largest absolute Gasteiger partial charge is 0.352 e. The van der Waals surface area contributed by atoms with E-state index in [9.17, 15) is 4.79 Å². The first-order valence-corrected chi connectivity index (χ1v) is 4.11. The molecule has 1 aromatic heterocycles. The highest BCUT2D eigenvalue weighted by Crippen LogP contribution is 2.17. The lowest BCUT2D eigenvalue weighted by Gasteiger charge is -2.05. The van der Waals surface area contributed by atoms with Crippen LogP contribution < -0.4 is 11.1 Å². The highest BCUT2D eigenvalue weighted by molar-refractivity contribution is 7.10. The van der Waals surface area contributed by atoms with Gasteiger partial charge in [-0.1, -0.05) is 6.07 Å². The maximum atomic E-state index is 10.4. The number of amides is 2. The van der Waals surface area contributed by atoms with Crippen molar-refractivity contribution in [3.63, 3.8) is 0 Å². The third kappa shape index (κ3) is 1.97. The molecule has 0 aromatic carbocycles. The first kappa shape index (κ1) is 8.56. The number of rotatable bonds is 2. The van der Waals surface area contributed by atoms with Crippen LogP contribution >= 0.6 is 11.3 Å². The van der Waals surface area contributed by atoms with Crippen LogP contribution in [0.3, 0.4) is 0 Å². The third-order valence-electron chi connectivity index (χ3n) is 1.24. The van der Waals surface area contributed by atoms with Gasteiger partial charge in [0.15, 0.2) is 6.04 Å². The number of carbonyl (C=O) groups excluding carboxylic acids is 1. The van der Waals surface area contributed by atoms with Crippen molar-refractivity contribution in [3.8, 4) is 6.07 Å². The number of urea groups is 1. The Morgan fingerprint density at radius 3 is 3.00 bits per heavy atom. The first-order chi connectivity index (χ1) is 5.74. The minimum Gasteiger partial charge on any atom is -0.352 e. The van der Waals surface area contributed by atoms with Crippen molar-refractivity contribution in [2.45, 2.75) is 6.04 Å². The van der Waals surface area contributed by atoms with Crippen LogP contribution in [-0.2, 0) is 0 Å². The average molecular weight is 181 g/mol. The second kappa shape index (κ2) is 3.74. The highest BCUT2D eigenvalue weighted by atomic mass is 32.1. The summed E-state index contributed by atoms with van der Waals surface area (Å²) >= 11 is 1.40. The molecule has 0 aliphatic carbocycles. The molecule has 5 heteroatoms. The van der Waals surface area contributed by atoms with Crippen LogP contribution in [0.5, 0.6) is 0 Å². The number of nitrogens with two attached hydrogens (primary N) is 1. The number of thiophene rings is 1. The summed E-state index contributed by atoms with van der Waals surface area (Å²) in [4.78, 5) is 11.2. The zero-order valence-corrected chi connectivity index (χ0v) is 6.97. The van der Waals surface area contributed by atoms with Gasteiger partial charge in [-0.15, -0.1) is 11.3 Å². The molecule has 0 aliphatic heterocycles. The predicted molar refractivity (Wildman–Crippen MR) is 45.4 cm³/mol. The van der Waals surface area contributed by atoms with Gasteiger partial charge in [0, 0.05) is 4.88 Å². The molecule has 0 bridgehead atoms. The fourth-order valence-electron chi connectivity index (χ4n) is 0.765. The van der Waals surface area contributed by atoms with E-state index in [4.69, 9.17) is 11.0 Å². The summed E-state index contributed by atoms with van der Waals surface area (Å²) in [5.41, 5.74) is 4.88. The maximum absolute atomic E-state index is 10.4. The number of hydrogen-bond acceptors (Lipinski definition) is 3. The Hall–Kier alpha value is -1.54. The summed E-state index contributed by atoms with van der Waals surface area (Å²) in [7, 11) is 0. The van der Waals surface area contributed by atoms with E-state index < -0.39 is 12.1 Å². The number of primary amides is 1. The summed E-state index contributed by atoms with van der Waals surface area (Å²) in [5, 5.41) is 12.8. The number of carbonyl (C=O) groups is 1. The zero-order valence-electron chi connectivity index (χ0n) is 6.15. The molecule has 0 saturated heterocycles. The van der Waals surface area contributed by atoms with Crippen molar-refractivity contribution < 1.29 is 4.79 Å². The summed E-state index contributed by atoms with van der Waals surface area (Å²) < 4.78 is 0.